The highest BCUT2D eigenvalue weighted by molar-refractivity contribution is 5.61. The number of nitrogens with zero attached hydrogens (tertiary/aromatic N) is 1. The van der Waals surface area contributed by atoms with Crippen LogP contribution in [0.3, 0.4) is 0 Å². The van der Waals surface area contributed by atoms with Crippen molar-refractivity contribution < 1.29 is 0 Å². The first kappa shape index (κ1) is 16.3. The Hall–Kier alpha value is -2.58. The molecule has 0 heterocycles. The molecule has 122 valence electrons. The third-order valence-electron chi connectivity index (χ3n) is 4.12. The van der Waals surface area contributed by atoms with Crippen molar-refractivity contribution in [3.05, 3.63) is 96.6 Å². The highest BCUT2D eigenvalue weighted by Crippen LogP contribution is 2.28. The summed E-state index contributed by atoms with van der Waals surface area (Å²) in [7, 11) is 0. The quantitative estimate of drug-likeness (QED) is 0.584. The second kappa shape index (κ2) is 7.80. The number of anilines is 2. The molecule has 2 heteroatoms. The van der Waals surface area contributed by atoms with Crippen molar-refractivity contribution in [1.29, 1.82) is 0 Å². The number of nitrogens with one attached hydrogen (secondary N) is 1. The first-order valence-electron chi connectivity index (χ1n) is 8.47. The van der Waals surface area contributed by atoms with Crippen LogP contribution >= 0.6 is 0 Å². The zero-order chi connectivity index (χ0) is 16.8. The number of hydrazine groups is 1. The van der Waals surface area contributed by atoms with E-state index >= 15 is 0 Å². The predicted molar refractivity (Wildman–Crippen MR) is 102 cm³/mol. The molecule has 0 radical (unpaired) electrons. The van der Waals surface area contributed by atoms with Crippen LogP contribution in [0.2, 0.25) is 0 Å². The molecule has 0 amide bonds. The van der Waals surface area contributed by atoms with E-state index in [4.69, 9.17) is 0 Å². The molecule has 24 heavy (non-hydrogen) atoms. The number of rotatable bonds is 6. The topological polar surface area (TPSA) is 15.3 Å². The Morgan fingerprint density at radius 3 is 1.46 bits per heavy atom. The molecule has 1 unspecified atom stereocenters. The van der Waals surface area contributed by atoms with Gasteiger partial charge < -0.3 is 0 Å². The van der Waals surface area contributed by atoms with E-state index in [9.17, 15) is 0 Å². The summed E-state index contributed by atoms with van der Waals surface area (Å²) in [5.74, 6) is 0.460. The van der Waals surface area contributed by atoms with Crippen molar-refractivity contribution >= 4 is 11.4 Å². The van der Waals surface area contributed by atoms with Crippen LogP contribution in [0.15, 0.2) is 91.0 Å². The molecule has 0 saturated carbocycles. The molecule has 0 saturated heterocycles. The summed E-state index contributed by atoms with van der Waals surface area (Å²) in [6.45, 7) is 4.50. The van der Waals surface area contributed by atoms with Gasteiger partial charge in [-0.2, -0.15) is 0 Å². The van der Waals surface area contributed by atoms with Gasteiger partial charge >= 0.3 is 0 Å². The van der Waals surface area contributed by atoms with E-state index in [1.54, 1.807) is 0 Å². The second-order valence-electron chi connectivity index (χ2n) is 6.27. The van der Waals surface area contributed by atoms with Crippen molar-refractivity contribution in [1.82, 2.24) is 5.43 Å². The highest BCUT2D eigenvalue weighted by atomic mass is 15.5. The maximum atomic E-state index is 3.74. The maximum Gasteiger partial charge on any atom is 0.0578 e. The van der Waals surface area contributed by atoms with Crippen LogP contribution in [0, 0.1) is 5.92 Å². The molecule has 1 atom stereocenters. The minimum Gasteiger partial charge on any atom is -0.276 e. The van der Waals surface area contributed by atoms with Crippen LogP contribution < -0.4 is 10.4 Å². The van der Waals surface area contributed by atoms with E-state index in [0.717, 1.165) is 11.4 Å². The Bertz CT molecular complexity index is 684. The molecule has 2 nitrogen and oxygen atoms in total. The molecule has 3 aromatic carbocycles. The highest BCUT2D eigenvalue weighted by Gasteiger charge is 2.20. The molecule has 0 aliphatic carbocycles. The average molecular weight is 316 g/mol. The first-order valence-corrected chi connectivity index (χ1v) is 8.47. The smallest absolute Gasteiger partial charge is 0.0578 e. The molecule has 0 aliphatic heterocycles. The molecule has 3 aromatic rings. The average Bonchev–Trinajstić information content (AvgIpc) is 2.64. The minimum absolute atomic E-state index is 0.228. The Kier molecular flexibility index (Phi) is 5.29. The Morgan fingerprint density at radius 1 is 0.625 bits per heavy atom. The SMILES string of the molecule is CC(C)C(NN(c1ccccc1)c1ccccc1)c1ccccc1. The van der Waals surface area contributed by atoms with Crippen LogP contribution in [-0.4, -0.2) is 0 Å². The molecule has 3 rings (SSSR count). The van der Waals surface area contributed by atoms with Crippen LogP contribution in [0.25, 0.3) is 0 Å². The summed E-state index contributed by atoms with van der Waals surface area (Å²) in [5.41, 5.74) is 7.29. The standard InChI is InChI=1S/C22H24N2/c1-18(2)22(19-12-6-3-7-13-19)23-24(20-14-8-4-9-15-20)21-16-10-5-11-17-21/h3-18,22-23H,1-2H3. The number of hydrogen-bond acceptors (Lipinski definition) is 2. The van der Waals surface area contributed by atoms with Gasteiger partial charge in [0.2, 0.25) is 0 Å². The van der Waals surface area contributed by atoms with Gasteiger partial charge in [-0.25, -0.2) is 5.43 Å². The lowest BCUT2D eigenvalue weighted by molar-refractivity contribution is 0.416. The van der Waals surface area contributed by atoms with E-state index in [1.807, 2.05) is 12.1 Å². The van der Waals surface area contributed by atoms with Gasteiger partial charge in [-0.15, -0.1) is 0 Å². The van der Waals surface area contributed by atoms with Gasteiger partial charge in [0, 0.05) is 0 Å². The zero-order valence-electron chi connectivity index (χ0n) is 14.3. The summed E-state index contributed by atoms with van der Waals surface area (Å²) >= 11 is 0. The Labute approximate surface area is 144 Å². The summed E-state index contributed by atoms with van der Waals surface area (Å²) in [5, 5.41) is 2.18. The molecular formula is C22H24N2. The van der Waals surface area contributed by atoms with Crippen LogP contribution in [-0.2, 0) is 0 Å². The summed E-state index contributed by atoms with van der Waals surface area (Å²) in [4.78, 5) is 0. The molecule has 0 aromatic heterocycles. The van der Waals surface area contributed by atoms with E-state index in [2.05, 4.69) is 103 Å². The fraction of sp³-hybridized carbons (Fsp3) is 0.182. The fourth-order valence-electron chi connectivity index (χ4n) is 2.86. The van der Waals surface area contributed by atoms with E-state index in [0.29, 0.717) is 5.92 Å². The minimum atomic E-state index is 0.228. The van der Waals surface area contributed by atoms with Gasteiger partial charge in [0.25, 0.3) is 0 Å². The first-order chi connectivity index (χ1) is 11.8. The lowest BCUT2D eigenvalue weighted by atomic mass is 9.97. The zero-order valence-corrected chi connectivity index (χ0v) is 14.3. The van der Waals surface area contributed by atoms with Gasteiger partial charge in [0.1, 0.15) is 0 Å². The van der Waals surface area contributed by atoms with Crippen molar-refractivity contribution in [3.8, 4) is 0 Å². The Morgan fingerprint density at radius 2 is 1.04 bits per heavy atom. The van der Waals surface area contributed by atoms with E-state index in [1.165, 1.54) is 5.56 Å². The molecule has 1 N–H and O–H groups in total. The van der Waals surface area contributed by atoms with Crippen molar-refractivity contribution in [2.75, 3.05) is 5.01 Å². The lowest BCUT2D eigenvalue weighted by Gasteiger charge is -2.33. The van der Waals surface area contributed by atoms with Gasteiger partial charge in [0.05, 0.1) is 17.4 Å². The fourth-order valence-corrected chi connectivity index (χ4v) is 2.86. The van der Waals surface area contributed by atoms with Gasteiger partial charge in [-0.05, 0) is 35.7 Å². The van der Waals surface area contributed by atoms with Crippen molar-refractivity contribution in [2.45, 2.75) is 19.9 Å². The van der Waals surface area contributed by atoms with Gasteiger partial charge in [-0.3, -0.25) is 5.01 Å². The lowest BCUT2D eigenvalue weighted by Crippen LogP contribution is -2.39. The predicted octanol–water partition coefficient (Wildman–Crippen LogP) is 5.73. The normalized spacial score (nSPS) is 12.1. The largest absolute Gasteiger partial charge is 0.276 e. The maximum absolute atomic E-state index is 3.74. The van der Waals surface area contributed by atoms with E-state index in [-0.39, 0.29) is 6.04 Å². The summed E-state index contributed by atoms with van der Waals surface area (Å²) in [6, 6.07) is 31.7. The third kappa shape index (κ3) is 3.84. The molecule has 0 bridgehead atoms. The van der Waals surface area contributed by atoms with E-state index < -0.39 is 0 Å². The van der Waals surface area contributed by atoms with Crippen LogP contribution in [0.1, 0.15) is 25.5 Å². The number of para-hydroxylation sites is 2. The molecular weight excluding hydrogens is 292 g/mol. The molecule has 0 fully saturated rings. The second-order valence-corrected chi connectivity index (χ2v) is 6.27. The monoisotopic (exact) mass is 316 g/mol. The third-order valence-corrected chi connectivity index (χ3v) is 4.12. The summed E-state index contributed by atoms with van der Waals surface area (Å²) in [6.07, 6.45) is 0. The van der Waals surface area contributed by atoms with Gasteiger partial charge in [0.15, 0.2) is 0 Å². The van der Waals surface area contributed by atoms with Crippen molar-refractivity contribution in [2.24, 2.45) is 5.92 Å². The van der Waals surface area contributed by atoms with Gasteiger partial charge in [-0.1, -0.05) is 80.6 Å². The molecule has 0 aliphatic rings. The molecule has 0 spiro atoms. The summed E-state index contributed by atoms with van der Waals surface area (Å²) < 4.78 is 0. The van der Waals surface area contributed by atoms with Crippen LogP contribution in [0.5, 0.6) is 0 Å². The Balaban J connectivity index is 1.96. The van der Waals surface area contributed by atoms with Crippen molar-refractivity contribution in [3.63, 3.8) is 0 Å². The number of benzene rings is 3. The van der Waals surface area contributed by atoms with Crippen LogP contribution in [0.4, 0.5) is 11.4 Å². The number of hydrogen-bond donors (Lipinski definition) is 1.